The van der Waals surface area contributed by atoms with E-state index in [1.165, 1.54) is 0 Å². The van der Waals surface area contributed by atoms with E-state index in [-0.39, 0.29) is 11.1 Å². The Morgan fingerprint density at radius 1 is 0.692 bits per heavy atom. The van der Waals surface area contributed by atoms with Gasteiger partial charge in [-0.05, 0) is 42.3 Å². The number of hydrogen-bond donors (Lipinski definition) is 0. The summed E-state index contributed by atoms with van der Waals surface area (Å²) in [6.07, 6.45) is 0.589. The minimum atomic E-state index is -0.591. The van der Waals surface area contributed by atoms with E-state index in [0.717, 1.165) is 5.56 Å². The number of para-hydroxylation sites is 2. The maximum Gasteiger partial charge on any atom is 0.344 e. The molecule has 0 spiro atoms. The predicted octanol–water partition coefficient (Wildman–Crippen LogP) is 4.69. The Bertz CT molecular complexity index is 902. The molecule has 3 rings (SSSR count). The van der Waals surface area contributed by atoms with Crippen LogP contribution in [0, 0.1) is 0 Å². The van der Waals surface area contributed by atoms with Crippen LogP contribution in [0.15, 0.2) is 78.9 Å². The molecule has 0 saturated heterocycles. The topological polar surface area (TPSA) is 52.6 Å². The zero-order chi connectivity index (χ0) is 18.4. The molecule has 0 bridgehead atoms. The van der Waals surface area contributed by atoms with Gasteiger partial charge in [0.05, 0.1) is 11.1 Å². The van der Waals surface area contributed by atoms with Crippen LogP contribution >= 0.6 is 0 Å². The minimum absolute atomic E-state index is 0.189. The number of benzene rings is 3. The molecule has 4 nitrogen and oxygen atoms in total. The fourth-order valence-corrected chi connectivity index (χ4v) is 2.60. The van der Waals surface area contributed by atoms with Crippen molar-refractivity contribution in [1.82, 2.24) is 0 Å². The highest BCUT2D eigenvalue weighted by atomic mass is 16.5. The third-order valence-electron chi connectivity index (χ3n) is 3.86. The molecule has 0 aromatic heterocycles. The van der Waals surface area contributed by atoms with Crippen molar-refractivity contribution < 1.29 is 19.1 Å². The van der Waals surface area contributed by atoms with Crippen LogP contribution in [-0.4, -0.2) is 11.9 Å². The fraction of sp³-hybridized carbons (Fsp3) is 0.0909. The number of carbonyl (C=O) groups excluding carboxylic acids is 2. The van der Waals surface area contributed by atoms with E-state index in [9.17, 15) is 9.59 Å². The van der Waals surface area contributed by atoms with Gasteiger partial charge in [-0.2, -0.15) is 0 Å². The summed E-state index contributed by atoms with van der Waals surface area (Å²) in [5.74, 6) is -0.326. The number of carbonyl (C=O) groups is 2. The first-order valence-corrected chi connectivity index (χ1v) is 8.35. The zero-order valence-electron chi connectivity index (χ0n) is 14.3. The summed E-state index contributed by atoms with van der Waals surface area (Å²) in [5, 5.41) is 0. The van der Waals surface area contributed by atoms with Crippen molar-refractivity contribution in [2.45, 2.75) is 13.3 Å². The molecule has 0 radical (unpaired) electrons. The smallest absolute Gasteiger partial charge is 0.344 e. The van der Waals surface area contributed by atoms with Crippen molar-refractivity contribution in [3.05, 3.63) is 95.6 Å². The van der Waals surface area contributed by atoms with Gasteiger partial charge in [-0.1, -0.05) is 55.5 Å². The van der Waals surface area contributed by atoms with Crippen LogP contribution in [0.1, 0.15) is 33.2 Å². The van der Waals surface area contributed by atoms with Crippen molar-refractivity contribution in [3.63, 3.8) is 0 Å². The summed E-state index contributed by atoms with van der Waals surface area (Å²) in [7, 11) is 0. The molecule has 0 aliphatic heterocycles. The summed E-state index contributed by atoms with van der Waals surface area (Å²) < 4.78 is 10.8. The second kappa shape index (κ2) is 8.12. The van der Waals surface area contributed by atoms with Crippen molar-refractivity contribution in [1.29, 1.82) is 0 Å². The van der Waals surface area contributed by atoms with Crippen LogP contribution in [0.5, 0.6) is 11.5 Å². The maximum atomic E-state index is 12.7. The lowest BCUT2D eigenvalue weighted by Crippen LogP contribution is -2.19. The van der Waals surface area contributed by atoms with Gasteiger partial charge in [0.25, 0.3) is 0 Å². The van der Waals surface area contributed by atoms with Crippen LogP contribution < -0.4 is 9.47 Å². The third kappa shape index (κ3) is 3.98. The first-order chi connectivity index (χ1) is 12.7. The van der Waals surface area contributed by atoms with E-state index < -0.39 is 11.9 Å². The van der Waals surface area contributed by atoms with Gasteiger partial charge in [0.1, 0.15) is 11.5 Å². The fourth-order valence-electron chi connectivity index (χ4n) is 2.60. The largest absolute Gasteiger partial charge is 0.423 e. The van der Waals surface area contributed by atoms with Crippen molar-refractivity contribution in [3.8, 4) is 11.5 Å². The predicted molar refractivity (Wildman–Crippen MR) is 98.6 cm³/mol. The van der Waals surface area contributed by atoms with Gasteiger partial charge >= 0.3 is 11.9 Å². The van der Waals surface area contributed by atoms with E-state index in [0.29, 0.717) is 17.9 Å². The normalized spacial score (nSPS) is 10.2. The van der Waals surface area contributed by atoms with E-state index in [1.54, 1.807) is 66.7 Å². The summed E-state index contributed by atoms with van der Waals surface area (Å²) in [6.45, 7) is 1.92. The average Bonchev–Trinajstić information content (AvgIpc) is 2.68. The zero-order valence-corrected chi connectivity index (χ0v) is 14.3. The lowest BCUT2D eigenvalue weighted by atomic mass is 9.99. The van der Waals surface area contributed by atoms with Crippen LogP contribution in [0.25, 0.3) is 0 Å². The minimum Gasteiger partial charge on any atom is -0.423 e. The number of esters is 2. The van der Waals surface area contributed by atoms with Crippen LogP contribution in [0.4, 0.5) is 0 Å². The molecule has 0 unspecified atom stereocenters. The first kappa shape index (κ1) is 17.4. The van der Waals surface area contributed by atoms with Gasteiger partial charge in [0.15, 0.2) is 0 Å². The summed E-state index contributed by atoms with van der Waals surface area (Å²) in [6, 6.07) is 22.6. The Hall–Kier alpha value is -3.40. The Morgan fingerprint density at radius 2 is 1.23 bits per heavy atom. The molecule has 0 saturated carbocycles. The van der Waals surface area contributed by atoms with Gasteiger partial charge in [-0.3, -0.25) is 0 Å². The Labute approximate surface area is 152 Å². The SMILES string of the molecule is CCc1cccc(C(=O)Oc2ccccc2)c1C(=O)Oc1ccccc1. The van der Waals surface area contributed by atoms with Crippen LogP contribution in [0.3, 0.4) is 0 Å². The quantitative estimate of drug-likeness (QED) is 0.497. The summed E-state index contributed by atoms with van der Waals surface area (Å²) in [4.78, 5) is 25.4. The van der Waals surface area contributed by atoms with E-state index >= 15 is 0 Å². The number of aryl methyl sites for hydroxylation is 1. The Kier molecular flexibility index (Phi) is 5.44. The van der Waals surface area contributed by atoms with Gasteiger partial charge in [-0.15, -0.1) is 0 Å². The summed E-state index contributed by atoms with van der Waals surface area (Å²) in [5.41, 5.74) is 1.15. The van der Waals surface area contributed by atoms with Crippen molar-refractivity contribution in [2.24, 2.45) is 0 Å². The highest BCUT2D eigenvalue weighted by Crippen LogP contribution is 2.21. The molecule has 3 aromatic carbocycles. The molecule has 3 aromatic rings. The highest BCUT2D eigenvalue weighted by Gasteiger charge is 2.23. The average molecular weight is 346 g/mol. The molecular formula is C22H18O4. The maximum absolute atomic E-state index is 12.7. The molecule has 0 aliphatic rings. The molecular weight excluding hydrogens is 328 g/mol. The summed E-state index contributed by atoms with van der Waals surface area (Å²) >= 11 is 0. The highest BCUT2D eigenvalue weighted by molar-refractivity contribution is 6.05. The van der Waals surface area contributed by atoms with E-state index in [1.807, 2.05) is 19.1 Å². The molecule has 0 atom stereocenters. The van der Waals surface area contributed by atoms with Gasteiger partial charge in [-0.25, -0.2) is 9.59 Å². The second-order valence-electron chi connectivity index (χ2n) is 5.60. The Morgan fingerprint density at radius 3 is 1.77 bits per heavy atom. The standard InChI is InChI=1S/C22H18O4/c1-2-16-10-9-15-19(21(23)25-17-11-5-3-6-12-17)20(16)22(24)26-18-13-7-4-8-14-18/h3-15H,2H2,1H3. The number of ether oxygens (including phenoxy) is 2. The molecule has 0 aliphatic carbocycles. The molecule has 26 heavy (non-hydrogen) atoms. The Balaban J connectivity index is 1.93. The van der Waals surface area contributed by atoms with Gasteiger partial charge in [0.2, 0.25) is 0 Å². The molecule has 4 heteroatoms. The molecule has 0 N–H and O–H groups in total. The lowest BCUT2D eigenvalue weighted by Gasteiger charge is -2.13. The van der Waals surface area contributed by atoms with E-state index in [2.05, 4.69) is 0 Å². The molecule has 0 fully saturated rings. The van der Waals surface area contributed by atoms with Gasteiger partial charge < -0.3 is 9.47 Å². The first-order valence-electron chi connectivity index (χ1n) is 8.35. The van der Waals surface area contributed by atoms with E-state index in [4.69, 9.17) is 9.47 Å². The molecule has 130 valence electrons. The van der Waals surface area contributed by atoms with Crippen LogP contribution in [-0.2, 0) is 6.42 Å². The molecule has 0 heterocycles. The van der Waals surface area contributed by atoms with Crippen LogP contribution in [0.2, 0.25) is 0 Å². The number of hydrogen-bond acceptors (Lipinski definition) is 4. The lowest BCUT2D eigenvalue weighted by molar-refractivity contribution is 0.0691. The van der Waals surface area contributed by atoms with Crippen molar-refractivity contribution in [2.75, 3.05) is 0 Å². The molecule has 0 amide bonds. The monoisotopic (exact) mass is 346 g/mol. The second-order valence-corrected chi connectivity index (χ2v) is 5.60. The third-order valence-corrected chi connectivity index (χ3v) is 3.86. The van der Waals surface area contributed by atoms with Crippen molar-refractivity contribution >= 4 is 11.9 Å². The number of rotatable bonds is 5. The van der Waals surface area contributed by atoms with Gasteiger partial charge in [0, 0.05) is 0 Å².